The predicted molar refractivity (Wildman–Crippen MR) is 63.7 cm³/mol. The highest BCUT2D eigenvalue weighted by Crippen LogP contribution is 2.06. The molecule has 0 saturated carbocycles. The van der Waals surface area contributed by atoms with Crippen molar-refractivity contribution in [1.82, 2.24) is 0 Å². The molecule has 0 heterocycles. The Morgan fingerprint density at radius 2 is 1.87 bits per heavy atom. The first-order chi connectivity index (χ1) is 7.06. The molecule has 15 heavy (non-hydrogen) atoms. The number of carbonyl (C=O) groups excluding carboxylic acids is 1. The highest BCUT2D eigenvalue weighted by atomic mass is 16.5. The molecule has 0 aromatic carbocycles. The molecule has 0 aliphatic heterocycles. The highest BCUT2D eigenvalue weighted by Gasteiger charge is 1.95. The molecule has 0 aromatic heterocycles. The summed E-state index contributed by atoms with van der Waals surface area (Å²) in [5.74, 6) is -0.136. The summed E-state index contributed by atoms with van der Waals surface area (Å²) in [5, 5.41) is 0. The fraction of sp³-hybridized carbons (Fsp3) is 0.615. The Bertz CT molecular complexity index is 245. The van der Waals surface area contributed by atoms with E-state index in [1.54, 1.807) is 6.92 Å². The Morgan fingerprint density at radius 1 is 1.20 bits per heavy atom. The monoisotopic (exact) mass is 210 g/mol. The molecule has 0 saturated heterocycles. The molecule has 0 amide bonds. The van der Waals surface area contributed by atoms with Gasteiger partial charge in [0.15, 0.2) is 0 Å². The molecule has 0 fully saturated rings. The van der Waals surface area contributed by atoms with Crippen LogP contribution in [-0.2, 0) is 9.53 Å². The summed E-state index contributed by atoms with van der Waals surface area (Å²) < 4.78 is 4.96. The standard InChI is InChI=1S/C13H22O2/c1-5-13(14)15-10-9-12(4)8-6-7-11(2)3/h7,9H,5-6,8,10H2,1-4H3/b12-9-. The largest absolute Gasteiger partial charge is 0.461 e. The minimum atomic E-state index is -0.136. The lowest BCUT2D eigenvalue weighted by Crippen LogP contribution is -2.02. The number of carbonyl (C=O) groups is 1. The van der Waals surface area contributed by atoms with Crippen LogP contribution < -0.4 is 0 Å². The minimum absolute atomic E-state index is 0.136. The normalized spacial score (nSPS) is 11.1. The Morgan fingerprint density at radius 3 is 2.40 bits per heavy atom. The SMILES string of the molecule is CCC(=O)OC/C=C(/C)CCC=C(C)C. The molecule has 0 bridgehead atoms. The molecule has 0 aliphatic rings. The average molecular weight is 210 g/mol. The van der Waals surface area contributed by atoms with Crippen LogP contribution in [0.15, 0.2) is 23.3 Å². The van der Waals surface area contributed by atoms with Crippen LogP contribution in [0.3, 0.4) is 0 Å². The Labute approximate surface area is 93.0 Å². The maximum Gasteiger partial charge on any atom is 0.305 e. The van der Waals surface area contributed by atoms with E-state index in [9.17, 15) is 4.79 Å². The number of ether oxygens (including phenoxy) is 1. The molecule has 0 rings (SSSR count). The maximum atomic E-state index is 10.8. The molecular formula is C13H22O2. The van der Waals surface area contributed by atoms with Gasteiger partial charge in [0.2, 0.25) is 0 Å². The van der Waals surface area contributed by atoms with Crippen molar-refractivity contribution in [2.45, 2.75) is 47.0 Å². The summed E-state index contributed by atoms with van der Waals surface area (Å²) >= 11 is 0. The van der Waals surface area contributed by atoms with Crippen LogP contribution in [0.2, 0.25) is 0 Å². The summed E-state index contributed by atoms with van der Waals surface area (Å²) in [7, 11) is 0. The van der Waals surface area contributed by atoms with Gasteiger partial charge in [-0.15, -0.1) is 0 Å². The van der Waals surface area contributed by atoms with Crippen molar-refractivity contribution in [2.24, 2.45) is 0 Å². The van der Waals surface area contributed by atoms with E-state index >= 15 is 0 Å². The quantitative estimate of drug-likeness (QED) is 0.494. The van der Waals surface area contributed by atoms with Gasteiger partial charge in [0.1, 0.15) is 6.61 Å². The molecule has 2 heteroatoms. The van der Waals surface area contributed by atoms with Gasteiger partial charge >= 0.3 is 5.97 Å². The van der Waals surface area contributed by atoms with Crippen LogP contribution in [0.4, 0.5) is 0 Å². The number of hydrogen-bond donors (Lipinski definition) is 0. The zero-order chi connectivity index (χ0) is 11.7. The molecule has 0 unspecified atom stereocenters. The Kier molecular flexibility index (Phi) is 7.69. The van der Waals surface area contributed by atoms with E-state index in [0.717, 1.165) is 12.8 Å². The topological polar surface area (TPSA) is 26.3 Å². The van der Waals surface area contributed by atoms with Gasteiger partial charge in [0.05, 0.1) is 0 Å². The van der Waals surface area contributed by atoms with Gasteiger partial charge in [-0.2, -0.15) is 0 Å². The third-order valence-electron chi connectivity index (χ3n) is 2.06. The van der Waals surface area contributed by atoms with Gasteiger partial charge in [0, 0.05) is 6.42 Å². The molecule has 0 N–H and O–H groups in total. The van der Waals surface area contributed by atoms with E-state index in [1.165, 1.54) is 11.1 Å². The van der Waals surface area contributed by atoms with Crippen molar-refractivity contribution in [1.29, 1.82) is 0 Å². The predicted octanol–water partition coefficient (Wildman–Crippen LogP) is 3.63. The van der Waals surface area contributed by atoms with E-state index in [1.807, 2.05) is 6.08 Å². The highest BCUT2D eigenvalue weighted by molar-refractivity contribution is 5.68. The zero-order valence-electron chi connectivity index (χ0n) is 10.3. The van der Waals surface area contributed by atoms with Crippen LogP contribution in [0.25, 0.3) is 0 Å². The van der Waals surface area contributed by atoms with Crippen molar-refractivity contribution in [3.63, 3.8) is 0 Å². The third-order valence-corrected chi connectivity index (χ3v) is 2.06. The maximum absolute atomic E-state index is 10.8. The summed E-state index contributed by atoms with van der Waals surface area (Å²) in [5.41, 5.74) is 2.62. The summed E-state index contributed by atoms with van der Waals surface area (Å²) in [6.45, 7) is 8.48. The van der Waals surface area contributed by atoms with Gasteiger partial charge in [0.25, 0.3) is 0 Å². The smallest absolute Gasteiger partial charge is 0.305 e. The first kappa shape index (κ1) is 13.9. The molecule has 0 aliphatic carbocycles. The van der Waals surface area contributed by atoms with Crippen LogP contribution >= 0.6 is 0 Å². The zero-order valence-corrected chi connectivity index (χ0v) is 10.3. The first-order valence-electron chi connectivity index (χ1n) is 5.50. The van der Waals surface area contributed by atoms with Gasteiger partial charge in [-0.1, -0.05) is 24.1 Å². The summed E-state index contributed by atoms with van der Waals surface area (Å²) in [6, 6.07) is 0. The van der Waals surface area contributed by atoms with Crippen LogP contribution in [-0.4, -0.2) is 12.6 Å². The van der Waals surface area contributed by atoms with E-state index < -0.39 is 0 Å². The van der Waals surface area contributed by atoms with Gasteiger partial charge in [-0.25, -0.2) is 0 Å². The Balaban J connectivity index is 3.70. The van der Waals surface area contributed by atoms with Crippen LogP contribution in [0, 0.1) is 0 Å². The Hall–Kier alpha value is -1.05. The molecule has 0 spiro atoms. The molecule has 0 aromatic rings. The summed E-state index contributed by atoms with van der Waals surface area (Å²) in [6.07, 6.45) is 6.74. The first-order valence-corrected chi connectivity index (χ1v) is 5.50. The van der Waals surface area contributed by atoms with Gasteiger partial charge < -0.3 is 4.74 Å². The number of hydrogen-bond acceptors (Lipinski definition) is 2. The van der Waals surface area contributed by atoms with Gasteiger partial charge in [-0.3, -0.25) is 4.79 Å². The van der Waals surface area contributed by atoms with Crippen molar-refractivity contribution >= 4 is 5.97 Å². The fourth-order valence-corrected chi connectivity index (χ4v) is 1.07. The van der Waals surface area contributed by atoms with Crippen molar-refractivity contribution < 1.29 is 9.53 Å². The lowest BCUT2D eigenvalue weighted by Gasteiger charge is -2.01. The second kappa shape index (κ2) is 8.27. The molecule has 2 nitrogen and oxygen atoms in total. The van der Waals surface area contributed by atoms with Crippen molar-refractivity contribution in [2.75, 3.05) is 6.61 Å². The van der Waals surface area contributed by atoms with E-state index in [4.69, 9.17) is 4.74 Å². The number of esters is 1. The lowest BCUT2D eigenvalue weighted by atomic mass is 10.1. The fourth-order valence-electron chi connectivity index (χ4n) is 1.07. The third kappa shape index (κ3) is 9.26. The number of allylic oxidation sites excluding steroid dienone is 3. The van der Waals surface area contributed by atoms with E-state index in [0.29, 0.717) is 13.0 Å². The number of rotatable bonds is 6. The van der Waals surface area contributed by atoms with Crippen molar-refractivity contribution in [3.05, 3.63) is 23.3 Å². The lowest BCUT2D eigenvalue weighted by molar-refractivity contribution is -0.141. The molecule has 86 valence electrons. The summed E-state index contributed by atoms with van der Waals surface area (Å²) in [4.78, 5) is 10.8. The van der Waals surface area contributed by atoms with Gasteiger partial charge in [-0.05, 0) is 39.7 Å². The van der Waals surface area contributed by atoms with Crippen LogP contribution in [0.1, 0.15) is 47.0 Å². The molecule has 0 atom stereocenters. The molecule has 0 radical (unpaired) electrons. The minimum Gasteiger partial charge on any atom is -0.461 e. The second-order valence-electron chi connectivity index (χ2n) is 3.91. The average Bonchev–Trinajstić information content (AvgIpc) is 2.17. The van der Waals surface area contributed by atoms with Crippen LogP contribution in [0.5, 0.6) is 0 Å². The molecular weight excluding hydrogens is 188 g/mol. The van der Waals surface area contributed by atoms with E-state index in [2.05, 4.69) is 26.8 Å². The second-order valence-corrected chi connectivity index (χ2v) is 3.91. The van der Waals surface area contributed by atoms with Crippen molar-refractivity contribution in [3.8, 4) is 0 Å². The van der Waals surface area contributed by atoms with E-state index in [-0.39, 0.29) is 5.97 Å².